The van der Waals surface area contributed by atoms with Gasteiger partial charge in [-0.1, -0.05) is 25.3 Å². The Morgan fingerprint density at radius 3 is 1.84 bits per heavy atom. The van der Waals surface area contributed by atoms with E-state index in [0.717, 1.165) is 89.4 Å². The van der Waals surface area contributed by atoms with E-state index >= 15 is 0 Å². The molecular weight excluding hydrogens is 540 g/mol. The summed E-state index contributed by atoms with van der Waals surface area (Å²) in [4.78, 5) is 36.7. The van der Waals surface area contributed by atoms with Gasteiger partial charge in [0, 0.05) is 53.1 Å². The van der Waals surface area contributed by atoms with Crippen LogP contribution < -0.4 is 0 Å². The van der Waals surface area contributed by atoms with Gasteiger partial charge in [0.2, 0.25) is 0 Å². The second kappa shape index (κ2) is 11.4. The third-order valence-corrected chi connectivity index (χ3v) is 8.63. The topological polar surface area (TPSA) is 121 Å². The monoisotopic (exact) mass is 576 g/mol. The molecule has 0 saturated heterocycles. The molecule has 2 aliphatic rings. The van der Waals surface area contributed by atoms with Crippen LogP contribution in [0.4, 0.5) is 0 Å². The van der Waals surface area contributed by atoms with Crippen molar-refractivity contribution in [2.24, 2.45) is 7.05 Å². The standard InChI is InChI=1S/C35H36N4O4/c1-8-22-18(3)26-14-27-20(5)24(10-12-34(40)41)31(38-27)17-33-25(11-13-35(42)43)21(6)32(39(33)7)16-30-23(9-2)19(4)28(37-30)15-29(22)36-26/h8-9,14-17,38H,1-2,10-13H2,3-7H3,(H,40,41)(H,42,43). The minimum absolute atomic E-state index is 0.0137. The molecule has 0 aliphatic carbocycles. The summed E-state index contributed by atoms with van der Waals surface area (Å²) >= 11 is 0. The van der Waals surface area contributed by atoms with Crippen molar-refractivity contribution >= 4 is 56.3 Å². The number of rotatable bonds is 8. The number of carboxylic acids is 2. The van der Waals surface area contributed by atoms with Crippen LogP contribution in [0, 0.1) is 13.8 Å². The van der Waals surface area contributed by atoms with Gasteiger partial charge in [0.25, 0.3) is 0 Å². The molecule has 0 unspecified atom stereocenters. The maximum absolute atomic E-state index is 11.6. The Bertz CT molecular complexity index is 1970. The molecule has 0 amide bonds. The highest BCUT2D eigenvalue weighted by Crippen LogP contribution is 2.36. The minimum Gasteiger partial charge on any atom is -0.481 e. The SMILES string of the molecule is C=CC1=C(C)c2cc3[nH]c(cc4c(CCC(=O)O)c(C)c(cc5nc(cc1n2)C(C)=C5C=C)n4C)c(CCC(=O)O)c3C. The van der Waals surface area contributed by atoms with Crippen LogP contribution in [0.3, 0.4) is 0 Å². The molecular formula is C35H36N4O4. The van der Waals surface area contributed by atoms with Crippen molar-refractivity contribution in [3.63, 3.8) is 0 Å². The molecule has 8 heteroatoms. The van der Waals surface area contributed by atoms with Gasteiger partial charge in [-0.15, -0.1) is 0 Å². The summed E-state index contributed by atoms with van der Waals surface area (Å²) in [7, 11) is 1.96. The highest BCUT2D eigenvalue weighted by molar-refractivity contribution is 5.99. The van der Waals surface area contributed by atoms with Crippen LogP contribution in [0.5, 0.6) is 0 Å². The molecule has 5 rings (SSSR count). The summed E-state index contributed by atoms with van der Waals surface area (Å²) < 4.78 is 2.06. The van der Waals surface area contributed by atoms with Crippen molar-refractivity contribution in [2.75, 3.05) is 0 Å². The molecule has 8 bridgehead atoms. The Balaban J connectivity index is 1.99. The first-order chi connectivity index (χ1) is 20.4. The van der Waals surface area contributed by atoms with Crippen LogP contribution in [0.15, 0.2) is 49.6 Å². The molecule has 0 aromatic carbocycles. The third kappa shape index (κ3) is 5.25. The zero-order chi connectivity index (χ0) is 31.2. The van der Waals surface area contributed by atoms with E-state index in [9.17, 15) is 19.8 Å². The number of fused-ring (bicyclic) bond motifs is 8. The molecule has 0 fully saturated rings. The Morgan fingerprint density at radius 1 is 0.744 bits per heavy atom. The molecule has 3 N–H and O–H groups in total. The highest BCUT2D eigenvalue weighted by atomic mass is 16.4. The summed E-state index contributed by atoms with van der Waals surface area (Å²) in [6.07, 6.45) is 4.29. The maximum atomic E-state index is 11.6. The zero-order valence-electron chi connectivity index (χ0n) is 25.3. The van der Waals surface area contributed by atoms with Crippen molar-refractivity contribution in [3.8, 4) is 0 Å². The first-order valence-electron chi connectivity index (χ1n) is 14.3. The van der Waals surface area contributed by atoms with Crippen LogP contribution in [-0.2, 0) is 29.5 Å². The number of hydrogen-bond donors (Lipinski definition) is 3. The fraction of sp³-hybridized carbons (Fsp3) is 0.257. The van der Waals surface area contributed by atoms with E-state index in [-0.39, 0.29) is 12.8 Å². The van der Waals surface area contributed by atoms with Gasteiger partial charge in [-0.05, 0) is 98.2 Å². The van der Waals surface area contributed by atoms with Gasteiger partial charge in [-0.2, -0.15) is 0 Å². The van der Waals surface area contributed by atoms with E-state index in [4.69, 9.17) is 9.97 Å². The Labute approximate surface area is 250 Å². The normalized spacial score (nSPS) is 13.0. The second-order valence-corrected chi connectivity index (χ2v) is 11.1. The number of carboxylic acid groups (broad SMARTS) is 2. The zero-order valence-corrected chi connectivity index (χ0v) is 25.3. The first-order valence-corrected chi connectivity index (χ1v) is 14.3. The van der Waals surface area contributed by atoms with Gasteiger partial charge in [-0.3, -0.25) is 9.59 Å². The number of nitrogens with one attached hydrogen (secondary N) is 1. The van der Waals surface area contributed by atoms with Crippen LogP contribution >= 0.6 is 0 Å². The molecule has 5 heterocycles. The van der Waals surface area contributed by atoms with Crippen molar-refractivity contribution in [3.05, 3.63) is 94.6 Å². The Morgan fingerprint density at radius 2 is 1.28 bits per heavy atom. The molecule has 0 radical (unpaired) electrons. The number of allylic oxidation sites excluding steroid dienone is 6. The number of aliphatic carboxylic acids is 2. The lowest BCUT2D eigenvalue weighted by molar-refractivity contribution is -0.138. The molecule has 2 aliphatic heterocycles. The van der Waals surface area contributed by atoms with Crippen molar-refractivity contribution in [1.29, 1.82) is 0 Å². The number of aromatic nitrogens is 4. The summed E-state index contributed by atoms with van der Waals surface area (Å²) in [6.45, 7) is 16.1. The van der Waals surface area contributed by atoms with Gasteiger partial charge in [-0.25, -0.2) is 9.97 Å². The van der Waals surface area contributed by atoms with Crippen molar-refractivity contribution in [2.45, 2.75) is 53.4 Å². The Kier molecular flexibility index (Phi) is 7.80. The van der Waals surface area contributed by atoms with Crippen LogP contribution in [0.2, 0.25) is 0 Å². The van der Waals surface area contributed by atoms with Gasteiger partial charge in [0.1, 0.15) is 0 Å². The molecule has 43 heavy (non-hydrogen) atoms. The fourth-order valence-corrected chi connectivity index (χ4v) is 6.12. The molecule has 0 atom stereocenters. The average molecular weight is 577 g/mol. The summed E-state index contributed by atoms with van der Waals surface area (Å²) in [5, 5.41) is 19.0. The van der Waals surface area contributed by atoms with Crippen LogP contribution in [0.25, 0.3) is 44.4 Å². The summed E-state index contributed by atoms with van der Waals surface area (Å²) in [6, 6.07) is 8.01. The van der Waals surface area contributed by atoms with E-state index in [1.165, 1.54) is 0 Å². The van der Waals surface area contributed by atoms with Gasteiger partial charge < -0.3 is 19.8 Å². The summed E-state index contributed by atoms with van der Waals surface area (Å²) in [5.74, 6) is -1.74. The van der Waals surface area contributed by atoms with E-state index in [1.807, 2.05) is 71.2 Å². The highest BCUT2D eigenvalue weighted by Gasteiger charge is 2.21. The molecule has 3 aromatic heterocycles. The van der Waals surface area contributed by atoms with Gasteiger partial charge in [0.15, 0.2) is 0 Å². The predicted molar refractivity (Wildman–Crippen MR) is 172 cm³/mol. The fourth-order valence-electron chi connectivity index (χ4n) is 6.12. The number of aryl methyl sites for hydroxylation is 5. The second-order valence-electron chi connectivity index (χ2n) is 11.1. The first kappa shape index (κ1) is 29.5. The number of H-pyrrole nitrogens is 1. The van der Waals surface area contributed by atoms with Crippen molar-refractivity contribution in [1.82, 2.24) is 19.5 Å². The predicted octanol–water partition coefficient (Wildman–Crippen LogP) is 7.21. The summed E-state index contributed by atoms with van der Waals surface area (Å²) in [5.41, 5.74) is 14.1. The van der Waals surface area contributed by atoms with Crippen LogP contribution in [0.1, 0.15) is 71.7 Å². The lowest BCUT2D eigenvalue weighted by Gasteiger charge is -2.02. The van der Waals surface area contributed by atoms with E-state index in [1.54, 1.807) is 0 Å². The van der Waals surface area contributed by atoms with E-state index in [2.05, 4.69) is 22.7 Å². The average Bonchev–Trinajstić information content (AvgIpc) is 3.59. The lowest BCUT2D eigenvalue weighted by Crippen LogP contribution is -1.99. The van der Waals surface area contributed by atoms with Crippen LogP contribution in [-0.4, -0.2) is 41.7 Å². The molecule has 3 aromatic rings. The molecule has 0 spiro atoms. The smallest absolute Gasteiger partial charge is 0.303 e. The minimum atomic E-state index is -0.872. The lowest BCUT2D eigenvalue weighted by atomic mass is 10.0. The van der Waals surface area contributed by atoms with Gasteiger partial charge >= 0.3 is 11.9 Å². The van der Waals surface area contributed by atoms with Crippen molar-refractivity contribution < 1.29 is 19.8 Å². The Hall–Kier alpha value is -4.98. The third-order valence-electron chi connectivity index (χ3n) is 8.63. The molecule has 220 valence electrons. The number of aromatic amines is 1. The largest absolute Gasteiger partial charge is 0.481 e. The van der Waals surface area contributed by atoms with E-state index in [0.29, 0.717) is 12.8 Å². The number of nitrogens with zero attached hydrogens (tertiary/aromatic N) is 3. The molecule has 8 nitrogen and oxygen atoms in total. The van der Waals surface area contributed by atoms with E-state index < -0.39 is 11.9 Å². The number of carbonyl (C=O) groups is 2. The molecule has 0 saturated carbocycles. The quantitative estimate of drug-likeness (QED) is 0.261. The number of hydrogen-bond acceptors (Lipinski definition) is 4. The maximum Gasteiger partial charge on any atom is 0.303 e. The van der Waals surface area contributed by atoms with Gasteiger partial charge in [0.05, 0.1) is 22.8 Å².